The highest BCUT2D eigenvalue weighted by atomic mass is 16.2. The summed E-state index contributed by atoms with van der Waals surface area (Å²) in [5.74, 6) is 2.70. The molecule has 2 aliphatic rings. The molecule has 0 radical (unpaired) electrons. The molecule has 2 saturated carbocycles. The summed E-state index contributed by atoms with van der Waals surface area (Å²) >= 11 is 0. The molecule has 2 aliphatic carbocycles. The molecular weight excluding hydrogens is 200 g/mol. The van der Waals surface area contributed by atoms with E-state index in [9.17, 15) is 4.79 Å². The number of nitrogens with one attached hydrogen (secondary N) is 1. The molecule has 2 fully saturated rings. The van der Waals surface area contributed by atoms with Gasteiger partial charge >= 0.3 is 0 Å². The van der Waals surface area contributed by atoms with Gasteiger partial charge in [0, 0.05) is 12.5 Å². The van der Waals surface area contributed by atoms with Crippen LogP contribution in [0.25, 0.3) is 0 Å². The quantitative estimate of drug-likeness (QED) is 0.719. The van der Waals surface area contributed by atoms with E-state index < -0.39 is 0 Å². The molecule has 3 N–H and O–H groups in total. The molecule has 1 amide bonds. The number of carbonyl (C=O) groups is 1. The minimum atomic E-state index is 0.310. The van der Waals surface area contributed by atoms with Crippen LogP contribution < -0.4 is 11.1 Å². The molecule has 3 heteroatoms. The lowest BCUT2D eigenvalue weighted by atomic mass is 10.0. The number of hydrogen-bond acceptors (Lipinski definition) is 2. The van der Waals surface area contributed by atoms with Crippen molar-refractivity contribution in [3.8, 4) is 0 Å². The zero-order valence-electron chi connectivity index (χ0n) is 10.2. The van der Waals surface area contributed by atoms with Crippen molar-refractivity contribution in [1.29, 1.82) is 0 Å². The topological polar surface area (TPSA) is 55.1 Å². The Labute approximate surface area is 98.2 Å². The van der Waals surface area contributed by atoms with Gasteiger partial charge in [0.15, 0.2) is 0 Å². The highest BCUT2D eigenvalue weighted by molar-refractivity contribution is 5.82. The van der Waals surface area contributed by atoms with Crippen molar-refractivity contribution in [1.82, 2.24) is 5.32 Å². The third-order valence-electron chi connectivity index (χ3n) is 4.43. The van der Waals surface area contributed by atoms with E-state index in [2.05, 4.69) is 12.2 Å². The standard InChI is InChI=1S/C13H24N2O/c1-2-9(6-7-14)8-15-13(16)12-10-4-3-5-11(10)12/h9-12H,2-8,14H2,1H3,(H,15,16). The van der Waals surface area contributed by atoms with Gasteiger partial charge in [-0.05, 0) is 43.6 Å². The number of amides is 1. The Morgan fingerprint density at radius 1 is 1.44 bits per heavy atom. The smallest absolute Gasteiger partial charge is 0.223 e. The predicted octanol–water partition coefficient (Wildman–Crippen LogP) is 1.52. The molecule has 2 rings (SSSR count). The number of nitrogens with two attached hydrogens (primary N) is 1. The maximum Gasteiger partial charge on any atom is 0.223 e. The molecule has 0 aromatic heterocycles. The molecule has 3 atom stereocenters. The van der Waals surface area contributed by atoms with Crippen molar-refractivity contribution in [2.45, 2.75) is 39.0 Å². The second-order valence-electron chi connectivity index (χ2n) is 5.38. The zero-order valence-corrected chi connectivity index (χ0v) is 10.2. The van der Waals surface area contributed by atoms with E-state index in [0.29, 0.717) is 17.7 Å². The Balaban J connectivity index is 1.68. The fourth-order valence-corrected chi connectivity index (χ4v) is 3.26. The minimum Gasteiger partial charge on any atom is -0.356 e. The van der Waals surface area contributed by atoms with Gasteiger partial charge < -0.3 is 11.1 Å². The fraction of sp³-hybridized carbons (Fsp3) is 0.923. The zero-order chi connectivity index (χ0) is 11.5. The van der Waals surface area contributed by atoms with Crippen LogP contribution in [0.3, 0.4) is 0 Å². The van der Waals surface area contributed by atoms with E-state index >= 15 is 0 Å². The summed E-state index contributed by atoms with van der Waals surface area (Å²) in [6.45, 7) is 3.71. The van der Waals surface area contributed by atoms with Crippen LogP contribution in [0.4, 0.5) is 0 Å². The molecule has 0 bridgehead atoms. The molecule has 0 saturated heterocycles. The van der Waals surface area contributed by atoms with Gasteiger partial charge in [-0.2, -0.15) is 0 Å². The van der Waals surface area contributed by atoms with Crippen LogP contribution in [0.2, 0.25) is 0 Å². The number of fused-ring (bicyclic) bond motifs is 1. The summed E-state index contributed by atoms with van der Waals surface area (Å²) in [5, 5.41) is 3.11. The third-order valence-corrected chi connectivity index (χ3v) is 4.43. The first-order valence-electron chi connectivity index (χ1n) is 6.75. The van der Waals surface area contributed by atoms with E-state index in [0.717, 1.165) is 37.8 Å². The predicted molar refractivity (Wildman–Crippen MR) is 64.8 cm³/mol. The summed E-state index contributed by atoms with van der Waals surface area (Å²) in [7, 11) is 0. The van der Waals surface area contributed by atoms with Crippen molar-refractivity contribution >= 4 is 5.91 Å². The molecule has 0 heterocycles. The Kier molecular flexibility index (Phi) is 3.85. The molecule has 0 aromatic carbocycles. The Hall–Kier alpha value is -0.570. The first-order valence-corrected chi connectivity index (χ1v) is 6.75. The highest BCUT2D eigenvalue weighted by Gasteiger charge is 2.56. The lowest BCUT2D eigenvalue weighted by Gasteiger charge is -2.15. The maximum atomic E-state index is 11.9. The second kappa shape index (κ2) is 5.17. The van der Waals surface area contributed by atoms with Gasteiger partial charge in [0.05, 0.1) is 0 Å². The summed E-state index contributed by atoms with van der Waals surface area (Å²) in [6.07, 6.45) is 6.03. The fourth-order valence-electron chi connectivity index (χ4n) is 3.26. The van der Waals surface area contributed by atoms with Crippen LogP contribution in [-0.2, 0) is 4.79 Å². The van der Waals surface area contributed by atoms with Crippen LogP contribution in [0.1, 0.15) is 39.0 Å². The van der Waals surface area contributed by atoms with Crippen LogP contribution in [0.15, 0.2) is 0 Å². The maximum absolute atomic E-state index is 11.9. The third kappa shape index (κ3) is 2.40. The SMILES string of the molecule is CCC(CCN)CNC(=O)C1C2CCCC21. The molecule has 0 spiro atoms. The van der Waals surface area contributed by atoms with E-state index in [1.54, 1.807) is 0 Å². The Morgan fingerprint density at radius 2 is 2.12 bits per heavy atom. The first kappa shape index (κ1) is 11.9. The molecule has 3 unspecified atom stereocenters. The minimum absolute atomic E-state index is 0.310. The van der Waals surface area contributed by atoms with Gasteiger partial charge in [-0.25, -0.2) is 0 Å². The average Bonchev–Trinajstić information content (AvgIpc) is 2.78. The second-order valence-corrected chi connectivity index (χ2v) is 5.38. The molecule has 0 aliphatic heterocycles. The average molecular weight is 224 g/mol. The van der Waals surface area contributed by atoms with Gasteiger partial charge in [-0.3, -0.25) is 4.79 Å². The van der Waals surface area contributed by atoms with E-state index in [1.807, 2.05) is 0 Å². The van der Waals surface area contributed by atoms with Crippen molar-refractivity contribution in [2.75, 3.05) is 13.1 Å². The largest absolute Gasteiger partial charge is 0.356 e. The molecular formula is C13H24N2O. The molecule has 0 aromatic rings. The van der Waals surface area contributed by atoms with Crippen LogP contribution >= 0.6 is 0 Å². The van der Waals surface area contributed by atoms with Crippen LogP contribution in [-0.4, -0.2) is 19.0 Å². The number of hydrogen-bond donors (Lipinski definition) is 2. The van der Waals surface area contributed by atoms with E-state index in [1.165, 1.54) is 19.3 Å². The summed E-state index contributed by atoms with van der Waals surface area (Å²) < 4.78 is 0. The van der Waals surface area contributed by atoms with Crippen LogP contribution in [0.5, 0.6) is 0 Å². The van der Waals surface area contributed by atoms with Gasteiger partial charge in [-0.1, -0.05) is 19.8 Å². The summed E-state index contributed by atoms with van der Waals surface area (Å²) in [4.78, 5) is 11.9. The molecule has 92 valence electrons. The summed E-state index contributed by atoms with van der Waals surface area (Å²) in [5.41, 5.74) is 5.55. The molecule has 3 nitrogen and oxygen atoms in total. The van der Waals surface area contributed by atoms with Crippen LogP contribution in [0, 0.1) is 23.7 Å². The van der Waals surface area contributed by atoms with Gasteiger partial charge in [0.2, 0.25) is 5.91 Å². The van der Waals surface area contributed by atoms with Crippen molar-refractivity contribution in [3.05, 3.63) is 0 Å². The molecule has 16 heavy (non-hydrogen) atoms. The summed E-state index contributed by atoms with van der Waals surface area (Å²) in [6, 6.07) is 0. The van der Waals surface area contributed by atoms with Gasteiger partial charge in [0.1, 0.15) is 0 Å². The Bertz CT molecular complexity index is 244. The van der Waals surface area contributed by atoms with Crippen molar-refractivity contribution < 1.29 is 4.79 Å². The lowest BCUT2D eigenvalue weighted by molar-refractivity contribution is -0.123. The van der Waals surface area contributed by atoms with Gasteiger partial charge in [0.25, 0.3) is 0 Å². The van der Waals surface area contributed by atoms with Crippen molar-refractivity contribution in [2.24, 2.45) is 29.4 Å². The Morgan fingerprint density at radius 3 is 2.69 bits per heavy atom. The highest BCUT2D eigenvalue weighted by Crippen LogP contribution is 2.57. The van der Waals surface area contributed by atoms with Crippen molar-refractivity contribution in [3.63, 3.8) is 0 Å². The lowest BCUT2D eigenvalue weighted by Crippen LogP contribution is -2.32. The first-order chi connectivity index (χ1) is 7.77. The van der Waals surface area contributed by atoms with E-state index in [-0.39, 0.29) is 0 Å². The van der Waals surface area contributed by atoms with Gasteiger partial charge in [-0.15, -0.1) is 0 Å². The number of carbonyl (C=O) groups excluding carboxylic acids is 1. The monoisotopic (exact) mass is 224 g/mol. The van der Waals surface area contributed by atoms with E-state index in [4.69, 9.17) is 5.73 Å². The number of rotatable bonds is 6. The normalized spacial score (nSPS) is 33.2.